The minimum atomic E-state index is -3.90. The molecule has 0 aliphatic rings. The molecule has 0 saturated heterocycles. The SMILES string of the molecule is CCOC(=O)c1ccc(Nc2nc3ccccc3n2S(=O)(=O)c2ccc(C)cc2)cc1. The average molecular weight is 436 g/mol. The van der Waals surface area contributed by atoms with Crippen LogP contribution in [0.2, 0.25) is 0 Å². The number of anilines is 2. The number of nitrogens with zero attached hydrogens (tertiary/aromatic N) is 2. The Bertz CT molecular complexity index is 1340. The number of hydrogen-bond donors (Lipinski definition) is 1. The van der Waals surface area contributed by atoms with Crippen LogP contribution in [-0.4, -0.2) is 30.0 Å². The summed E-state index contributed by atoms with van der Waals surface area (Å²) in [6, 6.07) is 20.3. The molecule has 7 nitrogen and oxygen atoms in total. The second kappa shape index (κ2) is 8.23. The number of carbonyl (C=O) groups excluding carboxylic acids is 1. The predicted octanol–water partition coefficient (Wildman–Crippen LogP) is 4.50. The lowest BCUT2D eigenvalue weighted by Gasteiger charge is -2.12. The maximum atomic E-state index is 13.5. The smallest absolute Gasteiger partial charge is 0.338 e. The van der Waals surface area contributed by atoms with Gasteiger partial charge in [-0.15, -0.1) is 0 Å². The summed E-state index contributed by atoms with van der Waals surface area (Å²) in [4.78, 5) is 16.5. The molecule has 31 heavy (non-hydrogen) atoms. The summed E-state index contributed by atoms with van der Waals surface area (Å²) in [5, 5.41) is 3.07. The van der Waals surface area contributed by atoms with Crippen molar-refractivity contribution >= 4 is 38.7 Å². The van der Waals surface area contributed by atoms with Crippen molar-refractivity contribution in [3.05, 3.63) is 83.9 Å². The monoisotopic (exact) mass is 435 g/mol. The molecule has 0 radical (unpaired) electrons. The molecule has 1 aromatic heterocycles. The van der Waals surface area contributed by atoms with Crippen LogP contribution >= 0.6 is 0 Å². The molecule has 158 valence electrons. The molecule has 1 N–H and O–H groups in total. The molecule has 0 fully saturated rings. The largest absolute Gasteiger partial charge is 0.462 e. The van der Waals surface area contributed by atoms with Gasteiger partial charge in [0, 0.05) is 5.69 Å². The van der Waals surface area contributed by atoms with Crippen LogP contribution in [0.25, 0.3) is 11.0 Å². The highest BCUT2D eigenvalue weighted by Gasteiger charge is 2.24. The zero-order valence-corrected chi connectivity index (χ0v) is 17.9. The number of rotatable bonds is 6. The molecule has 4 aromatic rings. The van der Waals surface area contributed by atoms with Crippen molar-refractivity contribution in [3.8, 4) is 0 Å². The summed E-state index contributed by atoms with van der Waals surface area (Å²) in [7, 11) is -3.90. The Balaban J connectivity index is 1.77. The maximum absolute atomic E-state index is 13.5. The number of aromatic nitrogens is 2. The zero-order chi connectivity index (χ0) is 22.0. The Labute approximate surface area is 180 Å². The van der Waals surface area contributed by atoms with Gasteiger partial charge >= 0.3 is 5.97 Å². The molecule has 0 aliphatic heterocycles. The standard InChI is InChI=1S/C23H21N3O4S/c1-3-30-22(27)17-10-12-18(13-11-17)24-23-25-20-6-4-5-7-21(20)26(23)31(28,29)19-14-8-16(2)9-15-19/h4-15H,3H2,1-2H3,(H,24,25). The number of fused-ring (bicyclic) bond motifs is 1. The molecular formula is C23H21N3O4S. The summed E-state index contributed by atoms with van der Waals surface area (Å²) in [5.74, 6) is -0.256. The molecule has 4 rings (SSSR count). The lowest BCUT2D eigenvalue weighted by Crippen LogP contribution is -2.15. The van der Waals surface area contributed by atoms with Crippen LogP contribution in [0.15, 0.2) is 77.7 Å². The minimum Gasteiger partial charge on any atom is -0.462 e. The maximum Gasteiger partial charge on any atom is 0.338 e. The number of hydrogen-bond acceptors (Lipinski definition) is 6. The van der Waals surface area contributed by atoms with E-state index in [1.54, 1.807) is 79.7 Å². The highest BCUT2D eigenvalue weighted by Crippen LogP contribution is 2.28. The molecule has 0 saturated carbocycles. The number of esters is 1. The molecule has 8 heteroatoms. The van der Waals surface area contributed by atoms with Crippen molar-refractivity contribution in [2.24, 2.45) is 0 Å². The first-order valence-corrected chi connectivity index (χ1v) is 11.2. The normalized spacial score (nSPS) is 11.4. The van der Waals surface area contributed by atoms with Gasteiger partial charge in [0.25, 0.3) is 10.0 Å². The van der Waals surface area contributed by atoms with Crippen LogP contribution in [0.5, 0.6) is 0 Å². The van der Waals surface area contributed by atoms with Gasteiger partial charge < -0.3 is 10.1 Å². The van der Waals surface area contributed by atoms with E-state index in [2.05, 4.69) is 10.3 Å². The number of carbonyl (C=O) groups is 1. The van der Waals surface area contributed by atoms with Crippen molar-refractivity contribution in [1.29, 1.82) is 0 Å². The Hall–Kier alpha value is -3.65. The van der Waals surface area contributed by atoms with Gasteiger partial charge in [0.2, 0.25) is 5.95 Å². The van der Waals surface area contributed by atoms with Crippen LogP contribution in [-0.2, 0) is 14.8 Å². The third kappa shape index (κ3) is 4.02. The summed E-state index contributed by atoms with van der Waals surface area (Å²) in [6.45, 7) is 3.93. The summed E-state index contributed by atoms with van der Waals surface area (Å²) in [6.07, 6.45) is 0. The number of aryl methyl sites for hydroxylation is 1. The number of benzene rings is 3. The van der Waals surface area contributed by atoms with Gasteiger partial charge in [-0.2, -0.15) is 0 Å². The third-order valence-corrected chi connectivity index (χ3v) is 6.45. The fourth-order valence-corrected chi connectivity index (χ4v) is 4.59. The number of para-hydroxylation sites is 2. The first kappa shape index (κ1) is 20.6. The topological polar surface area (TPSA) is 90.3 Å². The second-order valence-electron chi connectivity index (χ2n) is 6.93. The number of nitrogens with one attached hydrogen (secondary N) is 1. The Morgan fingerprint density at radius 3 is 2.35 bits per heavy atom. The Morgan fingerprint density at radius 2 is 1.68 bits per heavy atom. The summed E-state index contributed by atoms with van der Waals surface area (Å²) in [5.41, 5.74) is 2.98. The highest BCUT2D eigenvalue weighted by molar-refractivity contribution is 7.90. The van der Waals surface area contributed by atoms with Crippen molar-refractivity contribution < 1.29 is 17.9 Å². The van der Waals surface area contributed by atoms with Crippen molar-refractivity contribution in [2.45, 2.75) is 18.7 Å². The average Bonchev–Trinajstić information content (AvgIpc) is 3.13. The van der Waals surface area contributed by atoms with Crippen LogP contribution in [0.1, 0.15) is 22.8 Å². The van der Waals surface area contributed by atoms with Gasteiger partial charge in [-0.3, -0.25) is 0 Å². The first-order valence-electron chi connectivity index (χ1n) is 9.74. The summed E-state index contributed by atoms with van der Waals surface area (Å²) < 4.78 is 33.1. The van der Waals surface area contributed by atoms with E-state index in [0.29, 0.717) is 28.9 Å². The van der Waals surface area contributed by atoms with E-state index < -0.39 is 16.0 Å². The first-order chi connectivity index (χ1) is 14.9. The van der Waals surface area contributed by atoms with Crippen LogP contribution in [0.4, 0.5) is 11.6 Å². The summed E-state index contributed by atoms with van der Waals surface area (Å²) >= 11 is 0. The van der Waals surface area contributed by atoms with Crippen LogP contribution in [0, 0.1) is 6.92 Å². The fraction of sp³-hybridized carbons (Fsp3) is 0.130. The van der Waals surface area contributed by atoms with Crippen molar-refractivity contribution in [3.63, 3.8) is 0 Å². The van der Waals surface area contributed by atoms with E-state index in [4.69, 9.17) is 4.74 Å². The molecule has 0 atom stereocenters. The zero-order valence-electron chi connectivity index (χ0n) is 17.1. The minimum absolute atomic E-state index is 0.158. The quantitative estimate of drug-likeness (QED) is 0.449. The van der Waals surface area contributed by atoms with Crippen molar-refractivity contribution in [2.75, 3.05) is 11.9 Å². The van der Waals surface area contributed by atoms with Gasteiger partial charge in [-0.25, -0.2) is 22.2 Å². The molecule has 0 bridgehead atoms. The molecule has 1 heterocycles. The lowest BCUT2D eigenvalue weighted by atomic mass is 10.2. The third-order valence-electron chi connectivity index (χ3n) is 4.73. The van der Waals surface area contributed by atoms with Gasteiger partial charge in [-0.05, 0) is 62.4 Å². The highest BCUT2D eigenvalue weighted by atomic mass is 32.2. The van der Waals surface area contributed by atoms with Crippen molar-refractivity contribution in [1.82, 2.24) is 8.96 Å². The molecule has 0 amide bonds. The molecular weight excluding hydrogens is 414 g/mol. The van der Waals surface area contributed by atoms with Gasteiger partial charge in [0.05, 0.1) is 28.1 Å². The van der Waals surface area contributed by atoms with E-state index >= 15 is 0 Å². The van der Waals surface area contributed by atoms with E-state index in [1.807, 2.05) is 6.92 Å². The molecule has 0 spiro atoms. The van der Waals surface area contributed by atoms with E-state index in [-0.39, 0.29) is 10.8 Å². The second-order valence-corrected chi connectivity index (χ2v) is 8.72. The molecule has 0 aliphatic carbocycles. The molecule has 3 aromatic carbocycles. The molecule has 0 unspecified atom stereocenters. The Morgan fingerprint density at radius 1 is 1.00 bits per heavy atom. The lowest BCUT2D eigenvalue weighted by molar-refractivity contribution is 0.0526. The Kier molecular flexibility index (Phi) is 5.48. The van der Waals surface area contributed by atoms with Crippen LogP contribution < -0.4 is 5.32 Å². The fourth-order valence-electron chi connectivity index (χ4n) is 3.17. The van der Waals surface area contributed by atoms with Gasteiger partial charge in [0.1, 0.15) is 0 Å². The number of imidazole rings is 1. The number of ether oxygens (including phenoxy) is 1. The van der Waals surface area contributed by atoms with E-state index in [1.165, 1.54) is 3.97 Å². The van der Waals surface area contributed by atoms with E-state index in [0.717, 1.165) is 5.56 Å². The van der Waals surface area contributed by atoms with Gasteiger partial charge in [-0.1, -0.05) is 29.8 Å². The van der Waals surface area contributed by atoms with Gasteiger partial charge in [0.15, 0.2) is 0 Å². The van der Waals surface area contributed by atoms with Crippen LogP contribution in [0.3, 0.4) is 0 Å². The predicted molar refractivity (Wildman–Crippen MR) is 119 cm³/mol. The van der Waals surface area contributed by atoms with E-state index in [9.17, 15) is 13.2 Å².